The zero-order valence-corrected chi connectivity index (χ0v) is 14.1. The molecule has 1 aromatic heterocycles. The zero-order chi connectivity index (χ0) is 17.1. The summed E-state index contributed by atoms with van der Waals surface area (Å²) in [6, 6.07) is 9.85. The van der Waals surface area contributed by atoms with Crippen molar-refractivity contribution >= 4 is 12.1 Å². The summed E-state index contributed by atoms with van der Waals surface area (Å²) in [5.41, 5.74) is 0.681. The number of ether oxygens (including phenoxy) is 1. The number of fused-ring (bicyclic) bond motifs is 1. The number of amides is 2. The van der Waals surface area contributed by atoms with Gasteiger partial charge in [-0.3, -0.25) is 4.68 Å². The standard InChI is InChI=1S/C19H22N4O2/c24-18(20-11-14-23-13-4-10-21-23)22-12-3-8-19(15-22)9-7-16-5-1-2-6-17(16)25-19/h1-2,4-7,9-10,13H,3,8,11-12,14-15H2,(H,20,24). The molecule has 0 bridgehead atoms. The van der Waals surface area contributed by atoms with Gasteiger partial charge in [-0.2, -0.15) is 5.10 Å². The van der Waals surface area contributed by atoms with Gasteiger partial charge in [0.1, 0.15) is 11.4 Å². The molecule has 1 spiro atoms. The largest absolute Gasteiger partial charge is 0.481 e. The number of para-hydroxylation sites is 1. The topological polar surface area (TPSA) is 59.4 Å². The van der Waals surface area contributed by atoms with Crippen LogP contribution in [0, 0.1) is 0 Å². The van der Waals surface area contributed by atoms with Gasteiger partial charge in [-0.15, -0.1) is 0 Å². The molecule has 2 amide bonds. The second-order valence-electron chi connectivity index (χ2n) is 6.56. The normalized spacial score (nSPS) is 21.7. The van der Waals surface area contributed by atoms with Crippen molar-refractivity contribution in [2.75, 3.05) is 19.6 Å². The summed E-state index contributed by atoms with van der Waals surface area (Å²) in [6.45, 7) is 2.56. The van der Waals surface area contributed by atoms with Crippen LogP contribution in [0.1, 0.15) is 18.4 Å². The molecule has 1 N–H and O–H groups in total. The molecule has 2 aliphatic heterocycles. The molecule has 1 unspecified atom stereocenters. The first kappa shape index (κ1) is 15.7. The van der Waals surface area contributed by atoms with Gasteiger partial charge in [-0.05, 0) is 31.1 Å². The van der Waals surface area contributed by atoms with Crippen LogP contribution in [0.3, 0.4) is 0 Å². The minimum Gasteiger partial charge on any atom is -0.481 e. The lowest BCUT2D eigenvalue weighted by Crippen LogP contribution is -2.55. The minimum absolute atomic E-state index is 0.0397. The van der Waals surface area contributed by atoms with Crippen molar-refractivity contribution in [1.29, 1.82) is 0 Å². The summed E-state index contributed by atoms with van der Waals surface area (Å²) in [7, 11) is 0. The number of nitrogens with one attached hydrogen (secondary N) is 1. The van der Waals surface area contributed by atoms with E-state index in [0.29, 0.717) is 19.6 Å². The third-order valence-electron chi connectivity index (χ3n) is 4.75. The Balaban J connectivity index is 1.37. The Morgan fingerprint density at radius 1 is 1.32 bits per heavy atom. The Morgan fingerprint density at radius 3 is 3.12 bits per heavy atom. The average Bonchev–Trinajstić information content (AvgIpc) is 3.15. The maximum absolute atomic E-state index is 12.5. The SMILES string of the molecule is O=C(NCCn1cccn1)N1CCCC2(C=Cc3ccccc3O2)C1. The first-order valence-electron chi connectivity index (χ1n) is 8.72. The van der Waals surface area contributed by atoms with Crippen LogP contribution in [0.5, 0.6) is 5.75 Å². The molecule has 25 heavy (non-hydrogen) atoms. The number of carbonyl (C=O) groups excluding carboxylic acids is 1. The number of piperidine rings is 1. The summed E-state index contributed by atoms with van der Waals surface area (Å²) in [6.07, 6.45) is 9.70. The van der Waals surface area contributed by atoms with E-state index in [4.69, 9.17) is 4.74 Å². The first-order chi connectivity index (χ1) is 12.2. The summed E-state index contributed by atoms with van der Waals surface area (Å²) in [5, 5.41) is 7.12. The van der Waals surface area contributed by atoms with Gasteiger partial charge in [-0.1, -0.05) is 24.3 Å². The van der Waals surface area contributed by atoms with Crippen molar-refractivity contribution in [3.05, 3.63) is 54.4 Å². The molecule has 1 atom stereocenters. The van der Waals surface area contributed by atoms with E-state index in [1.807, 2.05) is 46.1 Å². The van der Waals surface area contributed by atoms with Gasteiger partial charge in [0, 0.05) is 31.0 Å². The van der Waals surface area contributed by atoms with Crippen LogP contribution in [0.2, 0.25) is 0 Å². The van der Waals surface area contributed by atoms with Crippen molar-refractivity contribution in [3.8, 4) is 5.75 Å². The predicted octanol–water partition coefficient (Wildman–Crippen LogP) is 2.53. The van der Waals surface area contributed by atoms with Gasteiger partial charge in [0.05, 0.1) is 13.1 Å². The highest BCUT2D eigenvalue weighted by molar-refractivity contribution is 5.74. The maximum atomic E-state index is 12.5. The molecule has 1 aromatic carbocycles. The summed E-state index contributed by atoms with van der Waals surface area (Å²) in [5.74, 6) is 0.894. The molecule has 1 saturated heterocycles. The highest BCUT2D eigenvalue weighted by Gasteiger charge is 2.39. The summed E-state index contributed by atoms with van der Waals surface area (Å²) >= 11 is 0. The minimum atomic E-state index is -0.411. The number of rotatable bonds is 3. The third kappa shape index (κ3) is 3.38. The fraction of sp³-hybridized carbons (Fsp3) is 0.368. The van der Waals surface area contributed by atoms with E-state index < -0.39 is 5.60 Å². The van der Waals surface area contributed by atoms with Crippen molar-refractivity contribution in [1.82, 2.24) is 20.0 Å². The summed E-state index contributed by atoms with van der Waals surface area (Å²) < 4.78 is 8.09. The molecular weight excluding hydrogens is 316 g/mol. The quantitative estimate of drug-likeness (QED) is 0.935. The maximum Gasteiger partial charge on any atom is 0.317 e. The lowest BCUT2D eigenvalue weighted by atomic mass is 9.89. The molecule has 2 aromatic rings. The Hall–Kier alpha value is -2.76. The number of carbonyl (C=O) groups is 1. The monoisotopic (exact) mass is 338 g/mol. The third-order valence-corrected chi connectivity index (χ3v) is 4.75. The van der Waals surface area contributed by atoms with E-state index in [9.17, 15) is 4.79 Å². The van der Waals surface area contributed by atoms with Crippen LogP contribution in [0.4, 0.5) is 4.79 Å². The van der Waals surface area contributed by atoms with Crippen molar-refractivity contribution < 1.29 is 9.53 Å². The first-order valence-corrected chi connectivity index (χ1v) is 8.72. The fourth-order valence-electron chi connectivity index (χ4n) is 3.47. The van der Waals surface area contributed by atoms with E-state index in [1.54, 1.807) is 6.20 Å². The number of likely N-dealkylation sites (tertiary alicyclic amines) is 1. The Morgan fingerprint density at radius 2 is 2.24 bits per heavy atom. The van der Waals surface area contributed by atoms with Gasteiger partial charge in [0.25, 0.3) is 0 Å². The van der Waals surface area contributed by atoms with Crippen molar-refractivity contribution in [2.45, 2.75) is 25.0 Å². The average molecular weight is 338 g/mol. The number of hydrogen-bond donors (Lipinski definition) is 1. The molecule has 0 aliphatic carbocycles. The van der Waals surface area contributed by atoms with Crippen LogP contribution >= 0.6 is 0 Å². The van der Waals surface area contributed by atoms with E-state index >= 15 is 0 Å². The number of urea groups is 1. The van der Waals surface area contributed by atoms with Crippen molar-refractivity contribution in [2.24, 2.45) is 0 Å². The second-order valence-corrected chi connectivity index (χ2v) is 6.56. The number of nitrogens with zero attached hydrogens (tertiary/aromatic N) is 3. The number of benzene rings is 1. The lowest BCUT2D eigenvalue weighted by Gasteiger charge is -2.42. The van der Waals surface area contributed by atoms with Gasteiger partial charge in [0.2, 0.25) is 0 Å². The molecule has 1 fully saturated rings. The highest BCUT2D eigenvalue weighted by atomic mass is 16.5. The van der Waals surface area contributed by atoms with Gasteiger partial charge in [-0.25, -0.2) is 4.79 Å². The lowest BCUT2D eigenvalue weighted by molar-refractivity contribution is 0.0415. The predicted molar refractivity (Wildman–Crippen MR) is 95.3 cm³/mol. The Kier molecular flexibility index (Phi) is 4.17. The van der Waals surface area contributed by atoms with Crippen molar-refractivity contribution in [3.63, 3.8) is 0 Å². The Bertz CT molecular complexity index is 771. The van der Waals surface area contributed by atoms with Crippen LogP contribution in [0.15, 0.2) is 48.8 Å². The molecule has 0 saturated carbocycles. The van der Waals surface area contributed by atoms with E-state index in [2.05, 4.69) is 22.6 Å². The molecular formula is C19H22N4O2. The molecule has 0 radical (unpaired) electrons. The zero-order valence-electron chi connectivity index (χ0n) is 14.1. The van der Waals surface area contributed by atoms with E-state index in [-0.39, 0.29) is 6.03 Å². The molecule has 2 aliphatic rings. The molecule has 130 valence electrons. The molecule has 4 rings (SSSR count). The Labute approximate surface area is 147 Å². The number of aromatic nitrogens is 2. The van der Waals surface area contributed by atoms with E-state index in [1.165, 1.54) is 0 Å². The summed E-state index contributed by atoms with van der Waals surface area (Å²) in [4.78, 5) is 14.4. The fourth-order valence-corrected chi connectivity index (χ4v) is 3.47. The van der Waals surface area contributed by atoms with Gasteiger partial charge in [0.15, 0.2) is 0 Å². The van der Waals surface area contributed by atoms with Crippen LogP contribution in [-0.2, 0) is 6.54 Å². The van der Waals surface area contributed by atoms with Crippen LogP contribution in [-0.4, -0.2) is 45.9 Å². The smallest absolute Gasteiger partial charge is 0.317 e. The van der Waals surface area contributed by atoms with Gasteiger partial charge >= 0.3 is 6.03 Å². The molecule has 3 heterocycles. The molecule has 6 heteroatoms. The van der Waals surface area contributed by atoms with Gasteiger partial charge < -0.3 is 15.0 Å². The number of hydrogen-bond acceptors (Lipinski definition) is 3. The second kappa shape index (κ2) is 6.63. The highest BCUT2D eigenvalue weighted by Crippen LogP contribution is 2.35. The van der Waals surface area contributed by atoms with Crippen LogP contribution in [0.25, 0.3) is 6.08 Å². The molecule has 6 nitrogen and oxygen atoms in total. The van der Waals surface area contributed by atoms with Crippen LogP contribution < -0.4 is 10.1 Å². The van der Waals surface area contributed by atoms with E-state index in [0.717, 1.165) is 30.7 Å².